The second kappa shape index (κ2) is 4.89. The van der Waals surface area contributed by atoms with Gasteiger partial charge in [0, 0.05) is 11.3 Å². The zero-order chi connectivity index (χ0) is 14.0. The molecule has 1 aromatic carbocycles. The van der Waals surface area contributed by atoms with E-state index in [-0.39, 0.29) is 5.76 Å². The summed E-state index contributed by atoms with van der Waals surface area (Å²) in [6.45, 7) is 1.88. The summed E-state index contributed by atoms with van der Waals surface area (Å²) in [7, 11) is -3.33. The number of rotatable bonds is 4. The number of aryl methyl sites for hydroxylation is 1. The highest BCUT2D eigenvalue weighted by molar-refractivity contribution is 7.92. The molecule has 5 nitrogen and oxygen atoms in total. The van der Waals surface area contributed by atoms with Gasteiger partial charge in [0.15, 0.2) is 12.0 Å². The average Bonchev–Trinajstić information content (AvgIpc) is 2.78. The Bertz CT molecular complexity index is 716. The fraction of sp³-hybridized carbons (Fsp3) is 0.154. The number of aldehydes is 1. The molecule has 0 bridgehead atoms. The van der Waals surface area contributed by atoms with E-state index in [0.29, 0.717) is 17.7 Å². The zero-order valence-electron chi connectivity index (χ0n) is 10.5. The lowest BCUT2D eigenvalue weighted by atomic mass is 10.1. The first-order valence-corrected chi connectivity index (χ1v) is 7.42. The van der Waals surface area contributed by atoms with Crippen LogP contribution in [0.5, 0.6) is 0 Å². The summed E-state index contributed by atoms with van der Waals surface area (Å²) in [6, 6.07) is 8.37. The number of nitrogens with one attached hydrogen (secondary N) is 1. The van der Waals surface area contributed by atoms with Crippen LogP contribution in [0.15, 0.2) is 34.7 Å². The van der Waals surface area contributed by atoms with Crippen molar-refractivity contribution in [2.24, 2.45) is 0 Å². The van der Waals surface area contributed by atoms with Crippen LogP contribution in [0.4, 0.5) is 5.69 Å². The van der Waals surface area contributed by atoms with Crippen LogP contribution < -0.4 is 4.72 Å². The second-order valence-corrected chi connectivity index (χ2v) is 5.97. The van der Waals surface area contributed by atoms with Crippen LogP contribution in [-0.4, -0.2) is 21.0 Å². The van der Waals surface area contributed by atoms with Gasteiger partial charge in [-0.2, -0.15) is 0 Å². The summed E-state index contributed by atoms with van der Waals surface area (Å²) < 4.78 is 30.1. The van der Waals surface area contributed by atoms with Gasteiger partial charge in [0.1, 0.15) is 5.76 Å². The summed E-state index contributed by atoms with van der Waals surface area (Å²) in [5, 5.41) is 0. The van der Waals surface area contributed by atoms with Crippen LogP contribution in [-0.2, 0) is 10.0 Å². The van der Waals surface area contributed by atoms with Crippen molar-refractivity contribution in [1.29, 1.82) is 0 Å². The number of carbonyl (C=O) groups excluding carboxylic acids is 1. The van der Waals surface area contributed by atoms with Crippen molar-refractivity contribution < 1.29 is 17.6 Å². The van der Waals surface area contributed by atoms with E-state index in [0.717, 1.165) is 17.4 Å². The van der Waals surface area contributed by atoms with E-state index in [1.807, 2.05) is 6.92 Å². The molecule has 0 fully saturated rings. The van der Waals surface area contributed by atoms with E-state index in [2.05, 4.69) is 4.72 Å². The topological polar surface area (TPSA) is 76.4 Å². The molecular weight excluding hydrogens is 266 g/mol. The summed E-state index contributed by atoms with van der Waals surface area (Å²) >= 11 is 0. The van der Waals surface area contributed by atoms with Crippen molar-refractivity contribution in [3.05, 3.63) is 41.7 Å². The Morgan fingerprint density at radius 3 is 2.53 bits per heavy atom. The van der Waals surface area contributed by atoms with Gasteiger partial charge >= 0.3 is 0 Å². The fourth-order valence-corrected chi connectivity index (χ4v) is 2.28. The molecular formula is C13H13NO4S. The van der Waals surface area contributed by atoms with E-state index >= 15 is 0 Å². The first kappa shape index (κ1) is 13.4. The van der Waals surface area contributed by atoms with Gasteiger partial charge < -0.3 is 4.42 Å². The van der Waals surface area contributed by atoms with Crippen molar-refractivity contribution in [2.45, 2.75) is 6.92 Å². The maximum atomic E-state index is 11.2. The minimum absolute atomic E-state index is 0.232. The second-order valence-electron chi connectivity index (χ2n) is 4.22. The van der Waals surface area contributed by atoms with Crippen molar-refractivity contribution in [1.82, 2.24) is 0 Å². The van der Waals surface area contributed by atoms with Crippen LogP contribution in [0.2, 0.25) is 0 Å². The Morgan fingerprint density at radius 2 is 1.95 bits per heavy atom. The lowest BCUT2D eigenvalue weighted by molar-refractivity contribution is 0.110. The Morgan fingerprint density at radius 1 is 1.21 bits per heavy atom. The molecule has 1 aromatic heterocycles. The van der Waals surface area contributed by atoms with E-state index in [1.54, 1.807) is 30.3 Å². The van der Waals surface area contributed by atoms with Crippen molar-refractivity contribution in [3.8, 4) is 11.3 Å². The average molecular weight is 279 g/mol. The van der Waals surface area contributed by atoms with Gasteiger partial charge in [0.25, 0.3) is 0 Å². The van der Waals surface area contributed by atoms with Gasteiger partial charge in [0.2, 0.25) is 10.0 Å². The van der Waals surface area contributed by atoms with E-state index in [4.69, 9.17) is 4.42 Å². The SMILES string of the molecule is Cc1ccc(NS(C)(=O)=O)cc1-c1ccc(C=O)o1. The number of carbonyl (C=O) groups is 1. The zero-order valence-corrected chi connectivity index (χ0v) is 11.3. The summed E-state index contributed by atoms with van der Waals surface area (Å²) in [5.41, 5.74) is 2.11. The number of hydrogen-bond donors (Lipinski definition) is 1. The summed E-state index contributed by atoms with van der Waals surface area (Å²) in [5.74, 6) is 0.757. The Kier molecular flexibility index (Phi) is 3.44. The van der Waals surface area contributed by atoms with Crippen molar-refractivity contribution in [2.75, 3.05) is 11.0 Å². The van der Waals surface area contributed by atoms with Crippen LogP contribution in [0.3, 0.4) is 0 Å². The molecule has 0 saturated carbocycles. The minimum Gasteiger partial charge on any atom is -0.453 e. The third kappa shape index (κ3) is 3.23. The first-order valence-electron chi connectivity index (χ1n) is 5.53. The van der Waals surface area contributed by atoms with Crippen LogP contribution in [0.25, 0.3) is 11.3 Å². The number of furan rings is 1. The molecule has 19 heavy (non-hydrogen) atoms. The van der Waals surface area contributed by atoms with Gasteiger partial charge in [-0.25, -0.2) is 8.42 Å². The molecule has 100 valence electrons. The quantitative estimate of drug-likeness (QED) is 0.872. The molecule has 0 radical (unpaired) electrons. The molecule has 1 N–H and O–H groups in total. The summed E-state index contributed by atoms with van der Waals surface area (Å²) in [6.07, 6.45) is 1.71. The molecule has 0 amide bonds. The molecule has 0 unspecified atom stereocenters. The minimum atomic E-state index is -3.33. The van der Waals surface area contributed by atoms with Gasteiger partial charge in [-0.15, -0.1) is 0 Å². The van der Waals surface area contributed by atoms with Gasteiger partial charge in [0.05, 0.1) is 6.26 Å². The standard InChI is InChI=1S/C13H13NO4S/c1-9-3-4-10(14-19(2,16)17)7-12(9)13-6-5-11(8-15)18-13/h3-8,14H,1-2H3. The largest absolute Gasteiger partial charge is 0.453 e. The number of sulfonamides is 1. The lowest BCUT2D eigenvalue weighted by Gasteiger charge is -2.08. The normalized spacial score (nSPS) is 11.3. The number of benzene rings is 1. The van der Waals surface area contributed by atoms with E-state index in [1.165, 1.54) is 0 Å². The molecule has 0 saturated heterocycles. The highest BCUT2D eigenvalue weighted by atomic mass is 32.2. The maximum Gasteiger partial charge on any atom is 0.229 e. The molecule has 1 heterocycles. The Hall–Kier alpha value is -2.08. The van der Waals surface area contributed by atoms with Crippen molar-refractivity contribution in [3.63, 3.8) is 0 Å². The highest BCUT2D eigenvalue weighted by Crippen LogP contribution is 2.28. The van der Waals surface area contributed by atoms with Crippen LogP contribution in [0, 0.1) is 6.92 Å². The Balaban J connectivity index is 2.44. The van der Waals surface area contributed by atoms with Crippen LogP contribution in [0.1, 0.15) is 16.1 Å². The molecule has 0 aliphatic heterocycles. The lowest BCUT2D eigenvalue weighted by Crippen LogP contribution is -2.09. The molecule has 0 aliphatic carbocycles. The third-order valence-electron chi connectivity index (χ3n) is 2.55. The smallest absolute Gasteiger partial charge is 0.229 e. The molecule has 6 heteroatoms. The molecule has 2 rings (SSSR count). The van der Waals surface area contributed by atoms with Gasteiger partial charge in [-0.1, -0.05) is 6.07 Å². The summed E-state index contributed by atoms with van der Waals surface area (Å²) in [4.78, 5) is 10.6. The molecule has 0 atom stereocenters. The van der Waals surface area contributed by atoms with Gasteiger partial charge in [-0.3, -0.25) is 9.52 Å². The predicted molar refractivity (Wildman–Crippen MR) is 72.7 cm³/mol. The van der Waals surface area contributed by atoms with Crippen molar-refractivity contribution >= 4 is 22.0 Å². The maximum absolute atomic E-state index is 11.2. The number of anilines is 1. The fourth-order valence-electron chi connectivity index (χ4n) is 1.73. The first-order chi connectivity index (χ1) is 8.89. The molecule has 0 aliphatic rings. The highest BCUT2D eigenvalue weighted by Gasteiger charge is 2.10. The monoisotopic (exact) mass is 279 g/mol. The Labute approximate surface area is 111 Å². The van der Waals surface area contributed by atoms with Gasteiger partial charge in [-0.05, 0) is 36.8 Å². The van der Waals surface area contributed by atoms with E-state index < -0.39 is 10.0 Å². The van der Waals surface area contributed by atoms with E-state index in [9.17, 15) is 13.2 Å². The third-order valence-corrected chi connectivity index (χ3v) is 3.16. The van der Waals surface area contributed by atoms with Crippen LogP contribution >= 0.6 is 0 Å². The molecule has 2 aromatic rings. The number of hydrogen-bond acceptors (Lipinski definition) is 4. The molecule has 0 spiro atoms. The predicted octanol–water partition coefficient (Wildman–Crippen LogP) is 2.44.